The van der Waals surface area contributed by atoms with Crippen LogP contribution in [0.2, 0.25) is 0 Å². The zero-order valence-electron chi connectivity index (χ0n) is 20.6. The molecule has 1 aromatic heterocycles. The fraction of sp³-hybridized carbons (Fsp3) is 0.167. The second kappa shape index (κ2) is 11.0. The second-order valence-corrected chi connectivity index (χ2v) is 9.55. The number of nitrogens with zero attached hydrogens (tertiary/aromatic N) is 3. The van der Waals surface area contributed by atoms with E-state index in [4.69, 9.17) is 9.47 Å². The summed E-state index contributed by atoms with van der Waals surface area (Å²) in [5.74, 6) is 1.85. The molecule has 186 valence electrons. The molecule has 6 nitrogen and oxygen atoms in total. The van der Waals surface area contributed by atoms with Crippen LogP contribution in [0.25, 0.3) is 21.7 Å². The zero-order chi connectivity index (χ0) is 25.8. The van der Waals surface area contributed by atoms with E-state index < -0.39 is 0 Å². The molecule has 0 saturated heterocycles. The molecule has 4 aromatic carbocycles. The maximum atomic E-state index is 13.2. The number of rotatable bonds is 8. The molecule has 0 bridgehead atoms. The summed E-state index contributed by atoms with van der Waals surface area (Å²) in [5, 5.41) is 7.37. The van der Waals surface area contributed by atoms with E-state index in [0.29, 0.717) is 41.3 Å². The van der Waals surface area contributed by atoms with Crippen molar-refractivity contribution in [2.75, 3.05) is 7.11 Å². The van der Waals surface area contributed by atoms with Gasteiger partial charge in [0.05, 0.1) is 24.2 Å². The van der Waals surface area contributed by atoms with Gasteiger partial charge >= 0.3 is 0 Å². The van der Waals surface area contributed by atoms with Gasteiger partial charge in [-0.05, 0) is 64.7 Å². The van der Waals surface area contributed by atoms with Crippen molar-refractivity contribution < 1.29 is 9.47 Å². The first kappa shape index (κ1) is 24.7. The number of hydrogen-bond donors (Lipinski definition) is 0. The molecule has 0 aliphatic carbocycles. The maximum Gasteiger partial charge on any atom is 0.282 e. The topological polar surface area (TPSA) is 65.7 Å². The van der Waals surface area contributed by atoms with Crippen molar-refractivity contribution in [1.29, 1.82) is 0 Å². The Bertz CT molecular complexity index is 1670. The fourth-order valence-corrected chi connectivity index (χ4v) is 4.64. The van der Waals surface area contributed by atoms with Crippen LogP contribution in [0.15, 0.2) is 93.2 Å². The molecule has 0 unspecified atom stereocenters. The van der Waals surface area contributed by atoms with E-state index >= 15 is 0 Å². The highest BCUT2D eigenvalue weighted by molar-refractivity contribution is 9.10. The molecular weight excluding hydrogens is 530 g/mol. The molecule has 0 N–H and O–H groups in total. The SMILES string of the molecule is CCCc1nc2ccc(Br)cc2c(=O)n1N=Cc1ccc(OCc2cccc3ccccc23)c(OC)c1. The van der Waals surface area contributed by atoms with Gasteiger partial charge in [0.25, 0.3) is 5.56 Å². The largest absolute Gasteiger partial charge is 0.493 e. The average molecular weight is 556 g/mol. The van der Waals surface area contributed by atoms with Gasteiger partial charge in [-0.3, -0.25) is 4.79 Å². The minimum absolute atomic E-state index is 0.201. The van der Waals surface area contributed by atoms with Crippen LogP contribution in [-0.2, 0) is 13.0 Å². The monoisotopic (exact) mass is 555 g/mol. The van der Waals surface area contributed by atoms with Crippen molar-refractivity contribution in [2.24, 2.45) is 5.10 Å². The lowest BCUT2D eigenvalue weighted by molar-refractivity contribution is 0.285. The van der Waals surface area contributed by atoms with Crippen molar-refractivity contribution in [3.63, 3.8) is 0 Å². The van der Waals surface area contributed by atoms with Crippen molar-refractivity contribution in [2.45, 2.75) is 26.4 Å². The van der Waals surface area contributed by atoms with Crippen LogP contribution in [0.3, 0.4) is 0 Å². The van der Waals surface area contributed by atoms with Gasteiger partial charge in [-0.2, -0.15) is 9.78 Å². The molecule has 5 rings (SSSR count). The standard InChI is InChI=1S/C30H26BrN3O3/c1-3-7-29-33-26-14-13-23(31)17-25(26)30(35)34(29)32-18-20-12-15-27(28(16-20)36-2)37-19-22-10-6-9-21-8-4-5-11-24(21)22/h4-6,8-18H,3,7,19H2,1-2H3. The Hall–Kier alpha value is -3.97. The van der Waals surface area contributed by atoms with Crippen molar-refractivity contribution in [3.8, 4) is 11.5 Å². The average Bonchev–Trinajstić information content (AvgIpc) is 2.92. The molecule has 0 aliphatic heterocycles. The van der Waals surface area contributed by atoms with Crippen LogP contribution in [0.4, 0.5) is 0 Å². The van der Waals surface area contributed by atoms with Crippen LogP contribution in [0.5, 0.6) is 11.5 Å². The predicted molar refractivity (Wildman–Crippen MR) is 152 cm³/mol. The molecular formula is C30H26BrN3O3. The van der Waals surface area contributed by atoms with Crippen molar-refractivity contribution in [3.05, 3.63) is 111 Å². The van der Waals surface area contributed by atoms with E-state index in [-0.39, 0.29) is 5.56 Å². The Kier molecular flexibility index (Phi) is 7.32. The second-order valence-electron chi connectivity index (χ2n) is 8.64. The van der Waals surface area contributed by atoms with Gasteiger partial charge in [-0.1, -0.05) is 65.3 Å². The van der Waals surface area contributed by atoms with E-state index in [1.165, 1.54) is 10.1 Å². The predicted octanol–water partition coefficient (Wildman–Crippen LogP) is 6.73. The molecule has 0 atom stereocenters. The minimum atomic E-state index is -0.201. The van der Waals surface area contributed by atoms with E-state index in [0.717, 1.165) is 27.4 Å². The summed E-state index contributed by atoms with van der Waals surface area (Å²) in [6.45, 7) is 2.47. The summed E-state index contributed by atoms with van der Waals surface area (Å²) < 4.78 is 13.9. The fourth-order valence-electron chi connectivity index (χ4n) is 4.28. The van der Waals surface area contributed by atoms with E-state index in [1.54, 1.807) is 19.4 Å². The minimum Gasteiger partial charge on any atom is -0.493 e. The normalized spacial score (nSPS) is 11.4. The molecule has 0 spiro atoms. The molecule has 7 heteroatoms. The molecule has 37 heavy (non-hydrogen) atoms. The lowest BCUT2D eigenvalue weighted by Gasteiger charge is -2.13. The lowest BCUT2D eigenvalue weighted by Crippen LogP contribution is -2.22. The Balaban J connectivity index is 1.42. The first-order valence-corrected chi connectivity index (χ1v) is 12.9. The van der Waals surface area contributed by atoms with E-state index in [9.17, 15) is 4.79 Å². The molecule has 0 fully saturated rings. The summed E-state index contributed by atoms with van der Waals surface area (Å²) in [7, 11) is 1.61. The van der Waals surface area contributed by atoms with Gasteiger partial charge < -0.3 is 9.47 Å². The number of halogens is 1. The van der Waals surface area contributed by atoms with Crippen LogP contribution in [-0.4, -0.2) is 23.0 Å². The first-order chi connectivity index (χ1) is 18.1. The number of fused-ring (bicyclic) bond motifs is 2. The van der Waals surface area contributed by atoms with Crippen molar-refractivity contribution >= 4 is 43.8 Å². The molecule has 5 aromatic rings. The third-order valence-corrected chi connectivity index (χ3v) is 6.62. The molecule has 0 amide bonds. The van der Waals surface area contributed by atoms with Crippen molar-refractivity contribution in [1.82, 2.24) is 9.66 Å². The van der Waals surface area contributed by atoms with Gasteiger partial charge in [0.15, 0.2) is 11.5 Å². The van der Waals surface area contributed by atoms with Gasteiger partial charge in [0, 0.05) is 10.9 Å². The number of benzene rings is 4. The molecule has 0 saturated carbocycles. The van der Waals surface area contributed by atoms with Crippen LogP contribution < -0.4 is 15.0 Å². The number of hydrogen-bond acceptors (Lipinski definition) is 5. The number of aryl methyl sites for hydroxylation is 1. The summed E-state index contributed by atoms with van der Waals surface area (Å²) in [6, 6.07) is 25.5. The molecule has 0 radical (unpaired) electrons. The maximum absolute atomic E-state index is 13.2. The summed E-state index contributed by atoms with van der Waals surface area (Å²) in [4.78, 5) is 17.9. The lowest BCUT2D eigenvalue weighted by atomic mass is 10.1. The van der Waals surface area contributed by atoms with E-state index in [1.807, 2.05) is 55.5 Å². The summed E-state index contributed by atoms with van der Waals surface area (Å²) in [5.41, 5.74) is 2.34. The molecule has 0 aliphatic rings. The smallest absolute Gasteiger partial charge is 0.282 e. The van der Waals surface area contributed by atoms with Crippen LogP contribution in [0.1, 0.15) is 30.3 Å². The van der Waals surface area contributed by atoms with Gasteiger partial charge in [-0.15, -0.1) is 0 Å². The Morgan fingerprint density at radius 2 is 1.81 bits per heavy atom. The molecule has 1 heterocycles. The van der Waals surface area contributed by atoms with E-state index in [2.05, 4.69) is 50.3 Å². The highest BCUT2D eigenvalue weighted by atomic mass is 79.9. The van der Waals surface area contributed by atoms with Crippen LogP contribution in [0, 0.1) is 0 Å². The number of ether oxygens (including phenoxy) is 2. The highest BCUT2D eigenvalue weighted by Crippen LogP contribution is 2.29. The Morgan fingerprint density at radius 3 is 2.65 bits per heavy atom. The summed E-state index contributed by atoms with van der Waals surface area (Å²) >= 11 is 3.44. The van der Waals surface area contributed by atoms with Gasteiger partial charge in [0.2, 0.25) is 0 Å². The quantitative estimate of drug-likeness (QED) is 0.199. The van der Waals surface area contributed by atoms with Crippen LogP contribution >= 0.6 is 15.9 Å². The Morgan fingerprint density at radius 1 is 0.973 bits per heavy atom. The number of aromatic nitrogens is 2. The third kappa shape index (κ3) is 5.27. The van der Waals surface area contributed by atoms with Gasteiger partial charge in [0.1, 0.15) is 12.4 Å². The van der Waals surface area contributed by atoms with Gasteiger partial charge in [-0.25, -0.2) is 4.98 Å². The summed E-state index contributed by atoms with van der Waals surface area (Å²) in [6.07, 6.45) is 3.13. The first-order valence-electron chi connectivity index (χ1n) is 12.1. The zero-order valence-corrected chi connectivity index (χ0v) is 22.2. The number of methoxy groups -OCH3 is 1. The third-order valence-electron chi connectivity index (χ3n) is 6.12. The Labute approximate surface area is 223 Å². The highest BCUT2D eigenvalue weighted by Gasteiger charge is 2.11.